The number of benzene rings is 1. The highest BCUT2D eigenvalue weighted by Crippen LogP contribution is 2.14. The van der Waals surface area contributed by atoms with E-state index in [0.29, 0.717) is 12.3 Å². The number of ether oxygens (including phenoxy) is 1. The molecule has 2 aromatic rings. The van der Waals surface area contributed by atoms with Crippen LogP contribution in [0.3, 0.4) is 0 Å². The fourth-order valence-electron chi connectivity index (χ4n) is 1.63. The van der Waals surface area contributed by atoms with E-state index in [1.54, 1.807) is 10.9 Å². The lowest BCUT2D eigenvalue weighted by atomic mass is 10.3. The highest BCUT2D eigenvalue weighted by Gasteiger charge is 2.02. The van der Waals surface area contributed by atoms with Gasteiger partial charge in [0.15, 0.2) is 5.82 Å². The van der Waals surface area contributed by atoms with Crippen LogP contribution in [0, 0.1) is 0 Å². The van der Waals surface area contributed by atoms with E-state index in [1.165, 1.54) is 0 Å². The van der Waals surface area contributed by atoms with Crippen LogP contribution < -0.4 is 15.8 Å². The summed E-state index contributed by atoms with van der Waals surface area (Å²) in [4.78, 5) is 0. The Morgan fingerprint density at radius 2 is 2.11 bits per heavy atom. The maximum Gasteiger partial charge on any atom is 0.171 e. The van der Waals surface area contributed by atoms with Crippen LogP contribution in [0.15, 0.2) is 36.5 Å². The quantitative estimate of drug-likeness (QED) is 0.764. The van der Waals surface area contributed by atoms with E-state index in [4.69, 9.17) is 10.5 Å². The number of anilines is 2. The number of nitrogen functional groups attached to an aromatic ring is 1. The maximum atomic E-state index is 5.77. The van der Waals surface area contributed by atoms with E-state index in [0.717, 1.165) is 24.5 Å². The second kappa shape index (κ2) is 5.95. The van der Waals surface area contributed by atoms with Gasteiger partial charge in [0.25, 0.3) is 0 Å². The highest BCUT2D eigenvalue weighted by atomic mass is 16.5. The molecule has 5 nitrogen and oxygen atoms in total. The third kappa shape index (κ3) is 3.41. The molecule has 0 aliphatic heterocycles. The van der Waals surface area contributed by atoms with Crippen molar-refractivity contribution in [3.05, 3.63) is 36.5 Å². The number of rotatable bonds is 6. The van der Waals surface area contributed by atoms with Crippen molar-refractivity contribution in [2.75, 3.05) is 24.2 Å². The Labute approximate surface area is 107 Å². The molecule has 1 aromatic carbocycles. The molecule has 0 unspecified atom stereocenters. The lowest BCUT2D eigenvalue weighted by molar-refractivity contribution is 0.315. The number of aromatic nitrogens is 2. The van der Waals surface area contributed by atoms with Gasteiger partial charge in [-0.1, -0.05) is 18.2 Å². The molecular weight excluding hydrogens is 228 g/mol. The first-order valence-electron chi connectivity index (χ1n) is 5.96. The summed E-state index contributed by atoms with van der Waals surface area (Å²) >= 11 is 0. The van der Waals surface area contributed by atoms with Gasteiger partial charge in [0.2, 0.25) is 0 Å². The van der Waals surface area contributed by atoms with Gasteiger partial charge < -0.3 is 15.8 Å². The van der Waals surface area contributed by atoms with E-state index >= 15 is 0 Å². The molecule has 0 fully saturated rings. The van der Waals surface area contributed by atoms with E-state index < -0.39 is 0 Å². The van der Waals surface area contributed by atoms with Crippen molar-refractivity contribution in [2.24, 2.45) is 7.05 Å². The van der Waals surface area contributed by atoms with E-state index in [2.05, 4.69) is 10.4 Å². The van der Waals surface area contributed by atoms with Crippen LogP contribution >= 0.6 is 0 Å². The van der Waals surface area contributed by atoms with Crippen LogP contribution in [0.5, 0.6) is 5.75 Å². The van der Waals surface area contributed by atoms with E-state index in [1.807, 2.05) is 37.4 Å². The SMILES string of the molecule is Cn1cc(N)c(NCCCOc2ccccc2)n1. The van der Waals surface area contributed by atoms with Gasteiger partial charge in [-0.15, -0.1) is 0 Å². The Balaban J connectivity index is 1.66. The zero-order valence-corrected chi connectivity index (χ0v) is 10.5. The summed E-state index contributed by atoms with van der Waals surface area (Å²) < 4.78 is 7.28. The van der Waals surface area contributed by atoms with Crippen LogP contribution in [0.25, 0.3) is 0 Å². The lowest BCUT2D eigenvalue weighted by Gasteiger charge is -2.06. The standard InChI is InChI=1S/C13H18N4O/c1-17-10-12(14)13(16-17)15-8-5-9-18-11-6-3-2-4-7-11/h2-4,6-7,10H,5,8-9,14H2,1H3,(H,15,16). The highest BCUT2D eigenvalue weighted by molar-refractivity contribution is 5.59. The van der Waals surface area contributed by atoms with Gasteiger partial charge in [0, 0.05) is 19.8 Å². The molecule has 1 aromatic heterocycles. The number of aryl methyl sites for hydroxylation is 1. The molecule has 0 radical (unpaired) electrons. The van der Waals surface area contributed by atoms with Crippen molar-refractivity contribution in [2.45, 2.75) is 6.42 Å². The zero-order valence-electron chi connectivity index (χ0n) is 10.5. The topological polar surface area (TPSA) is 65.1 Å². The average molecular weight is 246 g/mol. The first-order valence-corrected chi connectivity index (χ1v) is 5.96. The van der Waals surface area contributed by atoms with Crippen molar-refractivity contribution in [3.63, 3.8) is 0 Å². The van der Waals surface area contributed by atoms with Gasteiger partial charge in [-0.3, -0.25) is 4.68 Å². The molecule has 0 bridgehead atoms. The largest absolute Gasteiger partial charge is 0.494 e. The predicted octanol–water partition coefficient (Wildman–Crippen LogP) is 1.88. The van der Waals surface area contributed by atoms with Gasteiger partial charge in [0.1, 0.15) is 5.75 Å². The summed E-state index contributed by atoms with van der Waals surface area (Å²) in [7, 11) is 1.85. The van der Waals surface area contributed by atoms with Crippen molar-refractivity contribution in [1.29, 1.82) is 0 Å². The smallest absolute Gasteiger partial charge is 0.171 e. The maximum absolute atomic E-state index is 5.77. The lowest BCUT2D eigenvalue weighted by Crippen LogP contribution is -2.08. The molecule has 0 saturated heterocycles. The minimum absolute atomic E-state index is 0.668. The van der Waals surface area contributed by atoms with Gasteiger partial charge in [-0.2, -0.15) is 5.10 Å². The molecule has 18 heavy (non-hydrogen) atoms. The first kappa shape index (κ1) is 12.3. The molecule has 0 aliphatic rings. The molecule has 0 aliphatic carbocycles. The Morgan fingerprint density at radius 1 is 1.33 bits per heavy atom. The number of nitrogens with two attached hydrogens (primary N) is 1. The summed E-state index contributed by atoms with van der Waals surface area (Å²) in [6, 6.07) is 9.79. The first-order chi connectivity index (χ1) is 8.75. The van der Waals surface area contributed by atoms with E-state index in [9.17, 15) is 0 Å². The molecule has 3 N–H and O–H groups in total. The molecule has 0 atom stereocenters. The molecule has 2 rings (SSSR count). The summed E-state index contributed by atoms with van der Waals surface area (Å²) in [5.74, 6) is 1.63. The number of para-hydroxylation sites is 1. The molecule has 0 spiro atoms. The Bertz CT molecular complexity index is 481. The van der Waals surface area contributed by atoms with E-state index in [-0.39, 0.29) is 0 Å². The monoisotopic (exact) mass is 246 g/mol. The van der Waals surface area contributed by atoms with Crippen molar-refractivity contribution < 1.29 is 4.74 Å². The van der Waals surface area contributed by atoms with Crippen LogP contribution in [0.4, 0.5) is 11.5 Å². The third-order valence-corrected chi connectivity index (χ3v) is 2.48. The molecule has 0 saturated carbocycles. The summed E-state index contributed by atoms with van der Waals surface area (Å²) in [6.45, 7) is 1.46. The molecule has 0 amide bonds. The van der Waals surface area contributed by atoms with Gasteiger partial charge in [-0.05, 0) is 18.6 Å². The summed E-state index contributed by atoms with van der Waals surface area (Å²) in [5.41, 5.74) is 6.44. The second-order valence-electron chi connectivity index (χ2n) is 4.05. The minimum atomic E-state index is 0.668. The second-order valence-corrected chi connectivity index (χ2v) is 4.05. The Morgan fingerprint density at radius 3 is 2.78 bits per heavy atom. The van der Waals surface area contributed by atoms with Gasteiger partial charge in [0.05, 0.1) is 12.3 Å². The third-order valence-electron chi connectivity index (χ3n) is 2.48. The summed E-state index contributed by atoms with van der Waals surface area (Å²) in [6.07, 6.45) is 2.67. The van der Waals surface area contributed by atoms with Crippen molar-refractivity contribution >= 4 is 11.5 Å². The van der Waals surface area contributed by atoms with Crippen molar-refractivity contribution in [1.82, 2.24) is 9.78 Å². The molecule has 1 heterocycles. The van der Waals surface area contributed by atoms with Gasteiger partial charge >= 0.3 is 0 Å². The van der Waals surface area contributed by atoms with Crippen LogP contribution in [-0.2, 0) is 7.05 Å². The Hall–Kier alpha value is -2.17. The minimum Gasteiger partial charge on any atom is -0.494 e. The van der Waals surface area contributed by atoms with Gasteiger partial charge in [-0.25, -0.2) is 0 Å². The fourth-order valence-corrected chi connectivity index (χ4v) is 1.63. The van der Waals surface area contributed by atoms with Crippen LogP contribution in [-0.4, -0.2) is 22.9 Å². The molecule has 5 heteroatoms. The number of nitrogens with zero attached hydrogens (tertiary/aromatic N) is 2. The average Bonchev–Trinajstić information content (AvgIpc) is 2.69. The van der Waals surface area contributed by atoms with Crippen LogP contribution in [0.1, 0.15) is 6.42 Å². The number of nitrogens with one attached hydrogen (secondary N) is 1. The zero-order chi connectivity index (χ0) is 12.8. The molecular formula is C13H18N4O. The Kier molecular flexibility index (Phi) is 4.06. The number of hydrogen-bond donors (Lipinski definition) is 2. The molecule has 96 valence electrons. The number of hydrogen-bond acceptors (Lipinski definition) is 4. The predicted molar refractivity (Wildman–Crippen MR) is 72.7 cm³/mol. The fraction of sp³-hybridized carbons (Fsp3) is 0.308. The van der Waals surface area contributed by atoms with Crippen LogP contribution in [0.2, 0.25) is 0 Å². The normalized spacial score (nSPS) is 10.3. The summed E-state index contributed by atoms with van der Waals surface area (Å²) in [5, 5.41) is 7.39. The van der Waals surface area contributed by atoms with Crippen molar-refractivity contribution in [3.8, 4) is 5.75 Å².